The van der Waals surface area contributed by atoms with Crippen LogP contribution in [0.4, 0.5) is 5.13 Å². The van der Waals surface area contributed by atoms with E-state index in [0.29, 0.717) is 28.7 Å². The van der Waals surface area contributed by atoms with E-state index in [1.54, 1.807) is 18.4 Å². The molecule has 2 heterocycles. The average Bonchev–Trinajstić information content (AvgIpc) is 3.21. The van der Waals surface area contributed by atoms with Crippen molar-refractivity contribution in [1.29, 1.82) is 0 Å². The fourth-order valence-corrected chi connectivity index (χ4v) is 2.83. The number of nitrogens with one attached hydrogen (secondary N) is 3. The number of thiazole rings is 1. The van der Waals surface area contributed by atoms with E-state index in [1.165, 1.54) is 17.6 Å². The SMILES string of the molecule is CCCNC(=O)CCNC(=O)Cc1csc(NC(=O)c2ccoc2C)n1. The van der Waals surface area contributed by atoms with Gasteiger partial charge in [-0.2, -0.15) is 0 Å². The minimum absolute atomic E-state index is 0.0830. The molecule has 0 unspecified atom stereocenters. The quantitative estimate of drug-likeness (QED) is 0.616. The Labute approximate surface area is 155 Å². The molecule has 2 aromatic heterocycles. The highest BCUT2D eigenvalue weighted by atomic mass is 32.1. The predicted molar refractivity (Wildman–Crippen MR) is 98.1 cm³/mol. The van der Waals surface area contributed by atoms with Crippen molar-refractivity contribution in [2.45, 2.75) is 33.1 Å². The van der Waals surface area contributed by atoms with Crippen LogP contribution in [0.15, 0.2) is 22.1 Å². The smallest absolute Gasteiger partial charge is 0.260 e. The minimum atomic E-state index is -0.306. The van der Waals surface area contributed by atoms with Gasteiger partial charge in [-0.05, 0) is 19.4 Å². The van der Waals surface area contributed by atoms with Gasteiger partial charge in [0.1, 0.15) is 5.76 Å². The lowest BCUT2D eigenvalue weighted by Crippen LogP contribution is -2.31. The number of hydrogen-bond acceptors (Lipinski definition) is 6. The lowest BCUT2D eigenvalue weighted by molar-refractivity contribution is -0.122. The number of hydrogen-bond donors (Lipinski definition) is 3. The first kappa shape index (κ1) is 19.6. The Morgan fingerprint density at radius 3 is 2.65 bits per heavy atom. The molecule has 0 saturated carbocycles. The van der Waals surface area contributed by atoms with Crippen LogP contribution >= 0.6 is 11.3 Å². The molecule has 2 rings (SSSR count). The molecule has 0 spiro atoms. The van der Waals surface area contributed by atoms with Gasteiger partial charge in [-0.3, -0.25) is 19.7 Å². The summed E-state index contributed by atoms with van der Waals surface area (Å²) in [5, 5.41) is 10.2. The van der Waals surface area contributed by atoms with Crippen molar-refractivity contribution >= 4 is 34.2 Å². The first-order valence-corrected chi connectivity index (χ1v) is 9.20. The van der Waals surface area contributed by atoms with Crippen molar-refractivity contribution in [2.75, 3.05) is 18.4 Å². The molecular formula is C17H22N4O4S. The van der Waals surface area contributed by atoms with Crippen molar-refractivity contribution in [2.24, 2.45) is 0 Å². The van der Waals surface area contributed by atoms with Crippen molar-refractivity contribution < 1.29 is 18.8 Å². The first-order valence-electron chi connectivity index (χ1n) is 8.32. The number of amides is 3. The number of furan rings is 1. The number of anilines is 1. The molecule has 140 valence electrons. The predicted octanol–water partition coefficient (Wildman–Crippen LogP) is 1.87. The van der Waals surface area contributed by atoms with Crippen LogP contribution in [0.3, 0.4) is 0 Å². The van der Waals surface area contributed by atoms with E-state index < -0.39 is 0 Å². The maximum Gasteiger partial charge on any atom is 0.260 e. The van der Waals surface area contributed by atoms with E-state index in [1.807, 2.05) is 6.92 Å². The van der Waals surface area contributed by atoms with E-state index in [0.717, 1.165) is 6.42 Å². The van der Waals surface area contributed by atoms with Gasteiger partial charge in [-0.15, -0.1) is 11.3 Å². The zero-order valence-corrected chi connectivity index (χ0v) is 15.6. The molecule has 8 nitrogen and oxygen atoms in total. The average molecular weight is 378 g/mol. The molecule has 0 aromatic carbocycles. The van der Waals surface area contributed by atoms with Crippen LogP contribution in [0.25, 0.3) is 0 Å². The Hall–Kier alpha value is -2.68. The summed E-state index contributed by atoms with van der Waals surface area (Å²) in [6, 6.07) is 1.59. The number of rotatable bonds is 9. The second-order valence-electron chi connectivity index (χ2n) is 5.62. The van der Waals surface area contributed by atoms with Gasteiger partial charge in [0.15, 0.2) is 5.13 Å². The molecule has 9 heteroatoms. The Balaban J connectivity index is 1.75. The highest BCUT2D eigenvalue weighted by molar-refractivity contribution is 7.14. The molecule has 0 radical (unpaired) electrons. The van der Waals surface area contributed by atoms with E-state index in [4.69, 9.17) is 4.42 Å². The summed E-state index contributed by atoms with van der Waals surface area (Å²) in [6.45, 7) is 4.60. The second-order valence-corrected chi connectivity index (χ2v) is 6.47. The van der Waals surface area contributed by atoms with Crippen LogP contribution in [0.1, 0.15) is 41.6 Å². The molecular weight excluding hydrogens is 356 g/mol. The van der Waals surface area contributed by atoms with Gasteiger partial charge in [-0.1, -0.05) is 6.92 Å². The van der Waals surface area contributed by atoms with Crippen molar-refractivity contribution in [3.8, 4) is 0 Å². The molecule has 26 heavy (non-hydrogen) atoms. The Kier molecular flexibility index (Phi) is 7.34. The molecule has 0 aliphatic rings. The summed E-state index contributed by atoms with van der Waals surface area (Å²) < 4.78 is 5.10. The first-order chi connectivity index (χ1) is 12.5. The zero-order chi connectivity index (χ0) is 18.9. The molecule has 0 bridgehead atoms. The van der Waals surface area contributed by atoms with Crippen LogP contribution in [-0.2, 0) is 16.0 Å². The van der Waals surface area contributed by atoms with E-state index in [-0.39, 0.29) is 37.1 Å². The third-order valence-electron chi connectivity index (χ3n) is 3.46. The summed E-state index contributed by atoms with van der Waals surface area (Å²) in [4.78, 5) is 39.7. The van der Waals surface area contributed by atoms with Crippen LogP contribution < -0.4 is 16.0 Å². The maximum absolute atomic E-state index is 12.1. The normalized spacial score (nSPS) is 10.4. The Morgan fingerprint density at radius 1 is 1.19 bits per heavy atom. The molecule has 0 aliphatic heterocycles. The molecule has 3 amide bonds. The lowest BCUT2D eigenvalue weighted by Gasteiger charge is -2.05. The standard InChI is InChI=1S/C17H22N4O4S/c1-3-6-18-14(22)4-7-19-15(23)9-12-10-26-17(20-12)21-16(24)13-5-8-25-11(13)2/h5,8,10H,3-4,6-7,9H2,1-2H3,(H,18,22)(H,19,23)(H,20,21,24). The topological polar surface area (TPSA) is 113 Å². The molecule has 0 saturated heterocycles. The van der Waals surface area contributed by atoms with E-state index in [9.17, 15) is 14.4 Å². The number of carbonyl (C=O) groups is 3. The number of nitrogens with zero attached hydrogens (tertiary/aromatic N) is 1. The highest BCUT2D eigenvalue weighted by Gasteiger charge is 2.14. The summed E-state index contributed by atoms with van der Waals surface area (Å²) in [5.41, 5.74) is 1.00. The molecule has 3 N–H and O–H groups in total. The van der Waals surface area contributed by atoms with Gasteiger partial charge in [0.2, 0.25) is 11.8 Å². The molecule has 0 aliphatic carbocycles. The fraction of sp³-hybridized carbons (Fsp3) is 0.412. The zero-order valence-electron chi connectivity index (χ0n) is 14.8. The van der Waals surface area contributed by atoms with Gasteiger partial charge >= 0.3 is 0 Å². The number of aromatic nitrogens is 1. The molecule has 2 aromatic rings. The third kappa shape index (κ3) is 5.99. The number of carbonyl (C=O) groups excluding carboxylic acids is 3. The lowest BCUT2D eigenvalue weighted by atomic mass is 10.2. The molecule has 0 fully saturated rings. The van der Waals surface area contributed by atoms with Crippen LogP contribution in [-0.4, -0.2) is 35.8 Å². The Bertz CT molecular complexity index is 768. The van der Waals surface area contributed by atoms with Crippen LogP contribution in [0, 0.1) is 6.92 Å². The van der Waals surface area contributed by atoms with Gasteiger partial charge in [0.25, 0.3) is 5.91 Å². The van der Waals surface area contributed by atoms with Gasteiger partial charge in [-0.25, -0.2) is 4.98 Å². The molecule has 0 atom stereocenters. The fourth-order valence-electron chi connectivity index (χ4n) is 2.13. The number of aryl methyl sites for hydroxylation is 1. The van der Waals surface area contributed by atoms with E-state index in [2.05, 4.69) is 20.9 Å². The second kappa shape index (κ2) is 9.71. The Morgan fingerprint density at radius 2 is 1.96 bits per heavy atom. The van der Waals surface area contributed by atoms with Gasteiger partial charge in [0.05, 0.1) is 23.9 Å². The van der Waals surface area contributed by atoms with Crippen molar-refractivity contribution in [1.82, 2.24) is 15.6 Å². The van der Waals surface area contributed by atoms with Crippen LogP contribution in [0.5, 0.6) is 0 Å². The third-order valence-corrected chi connectivity index (χ3v) is 4.27. The summed E-state index contributed by atoms with van der Waals surface area (Å²) in [5.74, 6) is -0.0798. The summed E-state index contributed by atoms with van der Waals surface area (Å²) in [7, 11) is 0. The van der Waals surface area contributed by atoms with E-state index >= 15 is 0 Å². The maximum atomic E-state index is 12.1. The van der Waals surface area contributed by atoms with Gasteiger partial charge in [0, 0.05) is 24.9 Å². The van der Waals surface area contributed by atoms with Crippen molar-refractivity contribution in [3.05, 3.63) is 34.7 Å². The largest absolute Gasteiger partial charge is 0.469 e. The summed E-state index contributed by atoms with van der Waals surface area (Å²) >= 11 is 1.24. The monoisotopic (exact) mass is 378 g/mol. The van der Waals surface area contributed by atoms with Crippen molar-refractivity contribution in [3.63, 3.8) is 0 Å². The van der Waals surface area contributed by atoms with Gasteiger partial charge < -0.3 is 15.1 Å². The highest BCUT2D eigenvalue weighted by Crippen LogP contribution is 2.18. The summed E-state index contributed by atoms with van der Waals surface area (Å²) in [6.07, 6.45) is 2.66. The minimum Gasteiger partial charge on any atom is -0.469 e. The van der Waals surface area contributed by atoms with Crippen LogP contribution in [0.2, 0.25) is 0 Å².